The quantitative estimate of drug-likeness (QED) is 0.464. The number of hydrogen-bond donors (Lipinski definition) is 1. The number of amides is 2. The Morgan fingerprint density at radius 3 is 2.47 bits per heavy atom. The molecule has 0 spiro atoms. The van der Waals surface area contributed by atoms with E-state index in [2.05, 4.69) is 15.2 Å². The molecule has 1 fully saturated rings. The number of ether oxygens (including phenoxy) is 1. The van der Waals surface area contributed by atoms with Crippen LogP contribution in [0.15, 0.2) is 73.1 Å². The van der Waals surface area contributed by atoms with Gasteiger partial charge < -0.3 is 24.9 Å². The summed E-state index contributed by atoms with van der Waals surface area (Å²) in [4.78, 5) is 31.6. The van der Waals surface area contributed by atoms with E-state index < -0.39 is 5.97 Å². The number of pyridine rings is 1. The molecule has 2 amide bonds. The zero-order chi connectivity index (χ0) is 23.0. The van der Waals surface area contributed by atoms with Crippen molar-refractivity contribution in [3.05, 3.63) is 89.7 Å². The predicted octanol–water partition coefficient (Wildman–Crippen LogP) is -0.622. The Labute approximate surface area is 220 Å². The van der Waals surface area contributed by atoms with Crippen molar-refractivity contribution in [1.29, 1.82) is 0 Å². The molecule has 0 aliphatic carbocycles. The largest absolute Gasteiger partial charge is 1.00 e. The van der Waals surface area contributed by atoms with Gasteiger partial charge in [0.15, 0.2) is 0 Å². The van der Waals surface area contributed by atoms with Gasteiger partial charge in [-0.1, -0.05) is 30.3 Å². The number of anilines is 1. The fourth-order valence-corrected chi connectivity index (χ4v) is 3.69. The van der Waals surface area contributed by atoms with Crippen molar-refractivity contribution in [2.75, 3.05) is 31.5 Å². The molecule has 1 N–H and O–H groups in total. The van der Waals surface area contributed by atoms with Crippen LogP contribution in [0.4, 0.5) is 10.5 Å². The second-order valence-electron chi connectivity index (χ2n) is 7.86. The van der Waals surface area contributed by atoms with Crippen LogP contribution in [0, 0.1) is 0 Å². The molecule has 34 heavy (non-hydrogen) atoms. The maximum Gasteiger partial charge on any atom is 1.00 e. The van der Waals surface area contributed by atoms with Crippen LogP contribution in [0.3, 0.4) is 0 Å². The molecule has 9 heteroatoms. The van der Waals surface area contributed by atoms with Gasteiger partial charge in [0.25, 0.3) is 0 Å². The van der Waals surface area contributed by atoms with Crippen molar-refractivity contribution in [1.82, 2.24) is 14.8 Å². The molecule has 170 valence electrons. The SMILES string of the molecule is O=C([O-])c1cccc(COc2cccc(CN3CCN(C(=O)Nc4cccnc4)CC3)c2)c1.[Na+]. The molecule has 2 heterocycles. The standard InChI is InChI=1S/C25H26N4O4.Na/c30-24(31)21-6-1-5-20(14-21)18-33-23-8-2-4-19(15-23)17-28-10-12-29(13-11-28)25(32)27-22-7-3-9-26-16-22;/h1-9,14-16H,10-13,17-18H2,(H,27,32)(H,30,31);/q;+1/p-1. The van der Waals surface area contributed by atoms with E-state index in [0.717, 1.165) is 36.5 Å². The van der Waals surface area contributed by atoms with Crippen molar-refractivity contribution in [3.63, 3.8) is 0 Å². The van der Waals surface area contributed by atoms with Crippen LogP contribution < -0.4 is 44.7 Å². The number of carbonyl (C=O) groups is 2. The smallest absolute Gasteiger partial charge is 0.545 e. The van der Waals surface area contributed by atoms with Crippen LogP contribution in [0.25, 0.3) is 0 Å². The summed E-state index contributed by atoms with van der Waals surface area (Å²) >= 11 is 0. The molecular weight excluding hydrogens is 443 g/mol. The second kappa shape index (κ2) is 12.5. The number of aromatic carboxylic acids is 1. The van der Waals surface area contributed by atoms with Gasteiger partial charge in [-0.15, -0.1) is 0 Å². The third-order valence-electron chi connectivity index (χ3n) is 5.45. The summed E-state index contributed by atoms with van der Waals surface area (Å²) in [6.07, 6.45) is 3.30. The molecule has 8 nitrogen and oxygen atoms in total. The monoisotopic (exact) mass is 468 g/mol. The third kappa shape index (κ3) is 7.30. The van der Waals surface area contributed by atoms with Crippen LogP contribution >= 0.6 is 0 Å². The van der Waals surface area contributed by atoms with Gasteiger partial charge in [0, 0.05) is 38.9 Å². The summed E-state index contributed by atoms with van der Waals surface area (Å²) < 4.78 is 5.86. The van der Waals surface area contributed by atoms with Gasteiger partial charge >= 0.3 is 35.6 Å². The number of piperazine rings is 1. The number of carbonyl (C=O) groups excluding carboxylic acids is 2. The summed E-state index contributed by atoms with van der Waals surface area (Å²) in [5, 5.41) is 13.9. The first-order valence-corrected chi connectivity index (χ1v) is 10.8. The number of hydrogen-bond acceptors (Lipinski definition) is 6. The predicted molar refractivity (Wildman–Crippen MR) is 122 cm³/mol. The minimum absolute atomic E-state index is 0. The number of nitrogens with zero attached hydrogens (tertiary/aromatic N) is 3. The Bertz CT molecular complexity index is 1100. The number of nitrogens with one attached hydrogen (secondary N) is 1. The van der Waals surface area contributed by atoms with Crippen molar-refractivity contribution >= 4 is 17.7 Å². The maximum atomic E-state index is 12.4. The first kappa shape index (κ1) is 25.7. The molecule has 1 aliphatic rings. The topological polar surface area (TPSA) is 97.8 Å². The molecule has 2 aromatic carbocycles. The molecule has 0 saturated carbocycles. The Morgan fingerprint density at radius 1 is 0.971 bits per heavy atom. The zero-order valence-electron chi connectivity index (χ0n) is 19.1. The van der Waals surface area contributed by atoms with E-state index in [9.17, 15) is 14.7 Å². The molecule has 0 bridgehead atoms. The molecule has 4 rings (SSSR count). The third-order valence-corrected chi connectivity index (χ3v) is 5.45. The molecule has 1 aromatic heterocycles. The van der Waals surface area contributed by atoms with Gasteiger partial charge in [0.1, 0.15) is 12.4 Å². The summed E-state index contributed by atoms with van der Waals surface area (Å²) in [5.74, 6) is -0.477. The van der Waals surface area contributed by atoms with Crippen molar-refractivity contribution in [2.24, 2.45) is 0 Å². The van der Waals surface area contributed by atoms with Gasteiger partial charge in [-0.25, -0.2) is 4.79 Å². The summed E-state index contributed by atoms with van der Waals surface area (Å²) in [7, 11) is 0. The summed E-state index contributed by atoms with van der Waals surface area (Å²) in [6.45, 7) is 3.89. The molecule has 3 aromatic rings. The van der Waals surface area contributed by atoms with Gasteiger partial charge in [-0.05, 0) is 47.0 Å². The Hall–Kier alpha value is -2.91. The van der Waals surface area contributed by atoms with Crippen LogP contribution in [0.2, 0.25) is 0 Å². The fourth-order valence-electron chi connectivity index (χ4n) is 3.69. The van der Waals surface area contributed by atoms with Crippen LogP contribution in [-0.4, -0.2) is 53.0 Å². The molecule has 1 saturated heterocycles. The van der Waals surface area contributed by atoms with E-state index in [-0.39, 0.29) is 47.8 Å². The molecule has 1 aliphatic heterocycles. The number of aromatic nitrogens is 1. The number of benzene rings is 2. The van der Waals surface area contributed by atoms with E-state index in [4.69, 9.17) is 4.74 Å². The first-order chi connectivity index (χ1) is 16.1. The minimum atomic E-state index is -1.20. The van der Waals surface area contributed by atoms with Crippen LogP contribution in [0.1, 0.15) is 21.5 Å². The van der Waals surface area contributed by atoms with Crippen molar-refractivity contribution in [2.45, 2.75) is 13.2 Å². The van der Waals surface area contributed by atoms with Gasteiger partial charge in [0.05, 0.1) is 17.9 Å². The molecule has 0 radical (unpaired) electrons. The maximum absolute atomic E-state index is 12.4. The van der Waals surface area contributed by atoms with Gasteiger partial charge in [-0.3, -0.25) is 9.88 Å². The fraction of sp³-hybridized carbons (Fsp3) is 0.240. The van der Waals surface area contributed by atoms with Crippen LogP contribution in [-0.2, 0) is 13.2 Å². The number of carboxylic acid groups (broad SMARTS) is 1. The molecular formula is C25H25N4NaO4. The zero-order valence-corrected chi connectivity index (χ0v) is 21.1. The van der Waals surface area contributed by atoms with E-state index in [1.54, 1.807) is 30.6 Å². The average molecular weight is 468 g/mol. The Morgan fingerprint density at radius 2 is 1.74 bits per heavy atom. The molecule has 0 unspecified atom stereocenters. The molecule has 0 atom stereocenters. The van der Waals surface area contributed by atoms with E-state index in [0.29, 0.717) is 18.8 Å². The van der Waals surface area contributed by atoms with Gasteiger partial charge in [0.2, 0.25) is 0 Å². The van der Waals surface area contributed by atoms with E-state index >= 15 is 0 Å². The van der Waals surface area contributed by atoms with Crippen molar-refractivity contribution < 1.29 is 49.0 Å². The Balaban J connectivity index is 0.00000324. The Kier molecular flexibility index (Phi) is 9.47. The van der Waals surface area contributed by atoms with E-state index in [1.165, 1.54) is 6.07 Å². The average Bonchev–Trinajstić information content (AvgIpc) is 2.84. The van der Waals surface area contributed by atoms with Gasteiger partial charge in [-0.2, -0.15) is 0 Å². The number of urea groups is 1. The first-order valence-electron chi connectivity index (χ1n) is 10.8. The van der Waals surface area contributed by atoms with Crippen LogP contribution in [0.5, 0.6) is 5.75 Å². The minimum Gasteiger partial charge on any atom is -0.545 e. The number of carboxylic acids is 1. The van der Waals surface area contributed by atoms with Crippen molar-refractivity contribution in [3.8, 4) is 5.75 Å². The number of rotatable bonds is 7. The summed E-state index contributed by atoms with van der Waals surface area (Å²) in [5.41, 5.74) is 2.71. The van der Waals surface area contributed by atoms with E-state index in [1.807, 2.05) is 41.3 Å². The second-order valence-corrected chi connectivity index (χ2v) is 7.86. The normalized spacial score (nSPS) is 13.6. The summed E-state index contributed by atoms with van der Waals surface area (Å²) in [6, 6.07) is 17.9.